The van der Waals surface area contributed by atoms with Crippen molar-refractivity contribution < 1.29 is 14.6 Å². The number of rotatable bonds is 4. The Morgan fingerprint density at radius 3 is 2.39 bits per heavy atom. The summed E-state index contributed by atoms with van der Waals surface area (Å²) in [5, 5.41) is 9.06. The predicted octanol–water partition coefficient (Wildman–Crippen LogP) is 3.13. The van der Waals surface area contributed by atoms with Crippen molar-refractivity contribution in [2.24, 2.45) is 0 Å². The molecule has 1 aliphatic carbocycles. The summed E-state index contributed by atoms with van der Waals surface area (Å²) in [6, 6.07) is 2.11. The van der Waals surface area contributed by atoms with Gasteiger partial charge in [0.1, 0.15) is 5.75 Å². The van der Waals surface area contributed by atoms with Gasteiger partial charge in [-0.25, -0.2) is 0 Å². The maximum atomic E-state index is 11.0. The highest BCUT2D eigenvalue weighted by Crippen LogP contribution is 2.53. The number of hydrogen-bond donors (Lipinski definition) is 1. The average Bonchev–Trinajstić information content (AvgIpc) is 3.04. The van der Waals surface area contributed by atoms with Gasteiger partial charge in [0.25, 0.3) is 0 Å². The third-order valence-electron chi connectivity index (χ3n) is 4.14. The SMILES string of the molecule is COc1c(C)cc(C2(CC(=O)O)CC2)c(C)c1C. The number of carboxylic acids is 1. The van der Waals surface area contributed by atoms with Crippen molar-refractivity contribution in [3.05, 3.63) is 28.3 Å². The molecule has 0 amide bonds. The second-order valence-corrected chi connectivity index (χ2v) is 5.38. The molecule has 0 aliphatic heterocycles. The molecule has 1 aliphatic rings. The first-order valence-electron chi connectivity index (χ1n) is 6.28. The van der Waals surface area contributed by atoms with Crippen LogP contribution < -0.4 is 4.74 Å². The fourth-order valence-electron chi connectivity index (χ4n) is 2.90. The van der Waals surface area contributed by atoms with Crippen molar-refractivity contribution in [1.82, 2.24) is 0 Å². The van der Waals surface area contributed by atoms with E-state index in [2.05, 4.69) is 13.0 Å². The molecule has 0 spiro atoms. The molecule has 1 aromatic rings. The number of benzene rings is 1. The zero-order valence-corrected chi connectivity index (χ0v) is 11.5. The largest absolute Gasteiger partial charge is 0.496 e. The number of carbonyl (C=O) groups is 1. The third kappa shape index (κ3) is 1.98. The van der Waals surface area contributed by atoms with Crippen LogP contribution in [0.25, 0.3) is 0 Å². The first kappa shape index (κ1) is 12.9. The Bertz CT molecular complexity index is 499. The van der Waals surface area contributed by atoms with Gasteiger partial charge in [-0.1, -0.05) is 6.07 Å². The van der Waals surface area contributed by atoms with Gasteiger partial charge >= 0.3 is 5.97 Å². The van der Waals surface area contributed by atoms with E-state index in [-0.39, 0.29) is 11.8 Å². The van der Waals surface area contributed by atoms with Gasteiger partial charge in [0.2, 0.25) is 0 Å². The van der Waals surface area contributed by atoms with Crippen molar-refractivity contribution >= 4 is 5.97 Å². The van der Waals surface area contributed by atoms with Gasteiger partial charge in [0.15, 0.2) is 0 Å². The van der Waals surface area contributed by atoms with Crippen molar-refractivity contribution in [1.29, 1.82) is 0 Å². The molecule has 0 aromatic heterocycles. The summed E-state index contributed by atoms with van der Waals surface area (Å²) in [4.78, 5) is 11.0. The van der Waals surface area contributed by atoms with Crippen LogP contribution in [0, 0.1) is 20.8 Å². The molecule has 98 valence electrons. The minimum absolute atomic E-state index is 0.127. The van der Waals surface area contributed by atoms with Gasteiger partial charge in [0, 0.05) is 5.41 Å². The lowest BCUT2D eigenvalue weighted by Gasteiger charge is -2.21. The summed E-state index contributed by atoms with van der Waals surface area (Å²) >= 11 is 0. The number of ether oxygens (including phenoxy) is 1. The Hall–Kier alpha value is -1.51. The molecule has 2 rings (SSSR count). The van der Waals surface area contributed by atoms with Crippen LogP contribution >= 0.6 is 0 Å². The van der Waals surface area contributed by atoms with E-state index in [9.17, 15) is 4.79 Å². The highest BCUT2D eigenvalue weighted by molar-refractivity contribution is 5.70. The number of aliphatic carboxylic acids is 1. The smallest absolute Gasteiger partial charge is 0.304 e. The standard InChI is InChI=1S/C15H20O3/c1-9-7-12(10(2)11(3)14(9)18-4)15(5-6-15)8-13(16)17/h7H,5-6,8H2,1-4H3,(H,16,17). The van der Waals surface area contributed by atoms with E-state index >= 15 is 0 Å². The Balaban J connectivity index is 2.50. The number of carboxylic acid groups (broad SMARTS) is 1. The molecule has 0 saturated heterocycles. The van der Waals surface area contributed by atoms with Crippen LogP contribution in [0.5, 0.6) is 5.75 Å². The van der Waals surface area contributed by atoms with Crippen LogP contribution in [0.15, 0.2) is 6.07 Å². The van der Waals surface area contributed by atoms with Gasteiger partial charge < -0.3 is 9.84 Å². The molecule has 0 unspecified atom stereocenters. The van der Waals surface area contributed by atoms with Crippen molar-refractivity contribution in [3.8, 4) is 5.75 Å². The Labute approximate surface area is 108 Å². The molecular weight excluding hydrogens is 228 g/mol. The Kier molecular flexibility index (Phi) is 3.09. The van der Waals surface area contributed by atoms with Gasteiger partial charge in [-0.15, -0.1) is 0 Å². The zero-order valence-electron chi connectivity index (χ0n) is 11.5. The second kappa shape index (κ2) is 4.30. The molecular formula is C15H20O3. The Morgan fingerprint density at radius 1 is 1.33 bits per heavy atom. The predicted molar refractivity (Wildman–Crippen MR) is 70.4 cm³/mol. The van der Waals surface area contributed by atoms with Crippen molar-refractivity contribution in [2.45, 2.75) is 45.4 Å². The minimum atomic E-state index is -0.710. The lowest BCUT2D eigenvalue weighted by molar-refractivity contribution is -0.137. The highest BCUT2D eigenvalue weighted by Gasteiger charge is 2.47. The summed E-state index contributed by atoms with van der Waals surface area (Å²) in [7, 11) is 1.68. The molecule has 0 heterocycles. The molecule has 1 N–H and O–H groups in total. The zero-order chi connectivity index (χ0) is 13.5. The highest BCUT2D eigenvalue weighted by atomic mass is 16.5. The molecule has 1 saturated carbocycles. The van der Waals surface area contributed by atoms with Crippen LogP contribution in [-0.4, -0.2) is 18.2 Å². The molecule has 1 fully saturated rings. The van der Waals surface area contributed by atoms with Crippen molar-refractivity contribution in [3.63, 3.8) is 0 Å². The van der Waals surface area contributed by atoms with E-state index in [4.69, 9.17) is 9.84 Å². The molecule has 1 aromatic carbocycles. The first-order chi connectivity index (χ1) is 8.41. The van der Waals surface area contributed by atoms with Crippen LogP contribution in [0.1, 0.15) is 41.5 Å². The van der Waals surface area contributed by atoms with Gasteiger partial charge in [-0.3, -0.25) is 4.79 Å². The van der Waals surface area contributed by atoms with Gasteiger partial charge in [-0.2, -0.15) is 0 Å². The molecule has 18 heavy (non-hydrogen) atoms. The summed E-state index contributed by atoms with van der Waals surface area (Å²) < 4.78 is 5.41. The average molecular weight is 248 g/mol. The van der Waals surface area contributed by atoms with Crippen LogP contribution in [0.2, 0.25) is 0 Å². The van der Waals surface area contributed by atoms with Gasteiger partial charge in [-0.05, 0) is 55.9 Å². The third-order valence-corrected chi connectivity index (χ3v) is 4.14. The number of hydrogen-bond acceptors (Lipinski definition) is 2. The van der Waals surface area contributed by atoms with Crippen LogP contribution in [-0.2, 0) is 10.2 Å². The minimum Gasteiger partial charge on any atom is -0.496 e. The summed E-state index contributed by atoms with van der Waals surface area (Å²) in [6.07, 6.45) is 2.19. The van der Waals surface area contributed by atoms with E-state index in [1.165, 1.54) is 11.1 Å². The second-order valence-electron chi connectivity index (χ2n) is 5.38. The Morgan fingerprint density at radius 2 is 1.94 bits per heavy atom. The van der Waals surface area contributed by atoms with E-state index in [0.29, 0.717) is 0 Å². The van der Waals surface area contributed by atoms with E-state index < -0.39 is 5.97 Å². The number of aryl methyl sites for hydroxylation is 1. The molecule has 0 bridgehead atoms. The quantitative estimate of drug-likeness (QED) is 0.890. The topological polar surface area (TPSA) is 46.5 Å². The van der Waals surface area contributed by atoms with E-state index in [1.807, 2.05) is 13.8 Å². The van der Waals surface area contributed by atoms with E-state index in [0.717, 1.165) is 29.7 Å². The summed E-state index contributed by atoms with van der Waals surface area (Å²) in [6.45, 7) is 6.13. The van der Waals surface area contributed by atoms with E-state index in [1.54, 1.807) is 7.11 Å². The number of methoxy groups -OCH3 is 1. The molecule has 3 nitrogen and oxygen atoms in total. The van der Waals surface area contributed by atoms with Gasteiger partial charge in [0.05, 0.1) is 13.5 Å². The molecule has 0 atom stereocenters. The lowest BCUT2D eigenvalue weighted by atomic mass is 9.85. The maximum Gasteiger partial charge on any atom is 0.304 e. The normalized spacial score (nSPS) is 16.4. The first-order valence-corrected chi connectivity index (χ1v) is 6.28. The molecule has 3 heteroatoms. The maximum absolute atomic E-state index is 11.0. The summed E-state index contributed by atoms with van der Waals surface area (Å²) in [5.41, 5.74) is 4.46. The van der Waals surface area contributed by atoms with Crippen molar-refractivity contribution in [2.75, 3.05) is 7.11 Å². The fourth-order valence-corrected chi connectivity index (χ4v) is 2.90. The van der Waals surface area contributed by atoms with Crippen LogP contribution in [0.3, 0.4) is 0 Å². The monoisotopic (exact) mass is 248 g/mol. The molecule has 0 radical (unpaired) electrons. The van der Waals surface area contributed by atoms with Crippen LogP contribution in [0.4, 0.5) is 0 Å². The fraction of sp³-hybridized carbons (Fsp3) is 0.533. The summed E-state index contributed by atoms with van der Waals surface area (Å²) in [5.74, 6) is 0.209. The lowest BCUT2D eigenvalue weighted by Crippen LogP contribution is -2.15.